The summed E-state index contributed by atoms with van der Waals surface area (Å²) in [4.78, 5) is 18.1. The molecule has 1 aliphatic heterocycles. The first kappa shape index (κ1) is 15.1. The molecule has 1 aromatic heterocycles. The SMILES string of the molecule is CCCCCc1cc(=O)c2cc(N3CCOCC3)ccc2[nH]1. The van der Waals surface area contributed by atoms with Crippen LogP contribution in [-0.4, -0.2) is 31.3 Å². The molecule has 0 radical (unpaired) electrons. The van der Waals surface area contributed by atoms with E-state index in [1.165, 1.54) is 12.8 Å². The van der Waals surface area contributed by atoms with Crippen LogP contribution in [0.2, 0.25) is 0 Å². The summed E-state index contributed by atoms with van der Waals surface area (Å²) in [6, 6.07) is 7.90. The fourth-order valence-corrected chi connectivity index (χ4v) is 3.01. The van der Waals surface area contributed by atoms with Gasteiger partial charge in [-0.15, -0.1) is 0 Å². The Balaban J connectivity index is 1.87. The number of nitrogens with one attached hydrogen (secondary N) is 1. The summed E-state index contributed by atoms with van der Waals surface area (Å²) in [6.07, 6.45) is 4.48. The standard InChI is InChI=1S/C18H24N2O2/c1-2-3-4-5-14-12-18(21)16-13-15(6-7-17(16)19-14)20-8-10-22-11-9-20/h6-7,12-13H,2-5,8-11H2,1H3,(H,19,21). The highest BCUT2D eigenvalue weighted by Crippen LogP contribution is 2.20. The third-order valence-corrected chi connectivity index (χ3v) is 4.30. The zero-order valence-corrected chi connectivity index (χ0v) is 13.2. The van der Waals surface area contributed by atoms with Crippen molar-refractivity contribution in [3.8, 4) is 0 Å². The Morgan fingerprint density at radius 1 is 1.18 bits per heavy atom. The number of unbranched alkanes of at least 4 members (excludes halogenated alkanes) is 2. The topological polar surface area (TPSA) is 45.3 Å². The molecule has 0 amide bonds. The van der Waals surface area contributed by atoms with Crippen LogP contribution in [0.25, 0.3) is 10.9 Å². The quantitative estimate of drug-likeness (QED) is 0.863. The van der Waals surface area contributed by atoms with Gasteiger partial charge in [0.15, 0.2) is 5.43 Å². The van der Waals surface area contributed by atoms with E-state index in [2.05, 4.69) is 22.9 Å². The van der Waals surface area contributed by atoms with E-state index in [1.54, 1.807) is 6.07 Å². The molecule has 4 heteroatoms. The van der Waals surface area contributed by atoms with Crippen molar-refractivity contribution in [2.24, 2.45) is 0 Å². The van der Waals surface area contributed by atoms with Crippen molar-refractivity contribution in [2.75, 3.05) is 31.2 Å². The number of pyridine rings is 1. The summed E-state index contributed by atoms with van der Waals surface area (Å²) in [5, 5.41) is 0.781. The van der Waals surface area contributed by atoms with Crippen LogP contribution in [0.4, 0.5) is 5.69 Å². The Bertz CT molecular complexity index is 687. The van der Waals surface area contributed by atoms with Crippen LogP contribution in [0.15, 0.2) is 29.1 Å². The molecule has 0 aliphatic carbocycles. The third kappa shape index (κ3) is 3.33. The fourth-order valence-electron chi connectivity index (χ4n) is 3.01. The van der Waals surface area contributed by atoms with E-state index < -0.39 is 0 Å². The number of fused-ring (bicyclic) bond motifs is 1. The Morgan fingerprint density at radius 2 is 2.00 bits per heavy atom. The monoisotopic (exact) mass is 300 g/mol. The lowest BCUT2D eigenvalue weighted by Crippen LogP contribution is -2.36. The van der Waals surface area contributed by atoms with Gasteiger partial charge in [-0.2, -0.15) is 0 Å². The van der Waals surface area contributed by atoms with Crippen molar-refractivity contribution in [3.63, 3.8) is 0 Å². The molecule has 1 aliphatic rings. The number of rotatable bonds is 5. The first-order valence-corrected chi connectivity index (χ1v) is 8.26. The van der Waals surface area contributed by atoms with Crippen molar-refractivity contribution >= 4 is 16.6 Å². The van der Waals surface area contributed by atoms with Crippen LogP contribution in [-0.2, 0) is 11.2 Å². The lowest BCUT2D eigenvalue weighted by molar-refractivity contribution is 0.122. The Morgan fingerprint density at radius 3 is 2.77 bits per heavy atom. The molecule has 1 aromatic carbocycles. The van der Waals surface area contributed by atoms with Gasteiger partial charge in [0.1, 0.15) is 0 Å². The first-order valence-electron chi connectivity index (χ1n) is 8.26. The molecular formula is C18H24N2O2. The summed E-state index contributed by atoms with van der Waals surface area (Å²) in [5.41, 5.74) is 3.22. The molecule has 4 nitrogen and oxygen atoms in total. The van der Waals surface area contributed by atoms with Crippen LogP contribution in [0.5, 0.6) is 0 Å². The molecule has 118 valence electrons. The number of aromatic amines is 1. The Hall–Kier alpha value is -1.81. The lowest BCUT2D eigenvalue weighted by Gasteiger charge is -2.29. The molecule has 3 rings (SSSR count). The summed E-state index contributed by atoms with van der Waals surface area (Å²) in [7, 11) is 0. The largest absolute Gasteiger partial charge is 0.378 e. The molecule has 22 heavy (non-hydrogen) atoms. The minimum atomic E-state index is 0.121. The number of H-pyrrole nitrogens is 1. The fraction of sp³-hybridized carbons (Fsp3) is 0.500. The van der Waals surface area contributed by atoms with E-state index >= 15 is 0 Å². The van der Waals surface area contributed by atoms with Crippen LogP contribution in [0.1, 0.15) is 31.9 Å². The van der Waals surface area contributed by atoms with Gasteiger partial charge in [-0.1, -0.05) is 19.8 Å². The molecule has 2 heterocycles. The van der Waals surface area contributed by atoms with Crippen LogP contribution in [0, 0.1) is 0 Å². The molecule has 0 atom stereocenters. The minimum Gasteiger partial charge on any atom is -0.378 e. The zero-order chi connectivity index (χ0) is 15.4. The molecule has 0 spiro atoms. The maximum absolute atomic E-state index is 12.4. The highest BCUT2D eigenvalue weighted by Gasteiger charge is 2.12. The van der Waals surface area contributed by atoms with Crippen molar-refractivity contribution in [2.45, 2.75) is 32.6 Å². The van der Waals surface area contributed by atoms with E-state index in [9.17, 15) is 4.79 Å². The summed E-state index contributed by atoms with van der Waals surface area (Å²) in [6.45, 7) is 5.48. The van der Waals surface area contributed by atoms with E-state index in [-0.39, 0.29) is 5.43 Å². The normalized spacial score (nSPS) is 15.4. The zero-order valence-electron chi connectivity index (χ0n) is 13.2. The van der Waals surface area contributed by atoms with Gasteiger partial charge in [-0.05, 0) is 31.0 Å². The van der Waals surface area contributed by atoms with E-state index in [0.29, 0.717) is 0 Å². The molecule has 0 bridgehead atoms. The second-order valence-electron chi connectivity index (χ2n) is 5.95. The Kier molecular flexibility index (Phi) is 4.78. The van der Waals surface area contributed by atoms with Gasteiger partial charge >= 0.3 is 0 Å². The number of aryl methyl sites for hydroxylation is 1. The molecular weight excluding hydrogens is 276 g/mol. The number of hydrogen-bond donors (Lipinski definition) is 1. The number of nitrogens with zero attached hydrogens (tertiary/aromatic N) is 1. The Labute approximate surface area is 131 Å². The summed E-state index contributed by atoms with van der Waals surface area (Å²) < 4.78 is 5.39. The van der Waals surface area contributed by atoms with E-state index in [0.717, 1.165) is 61.4 Å². The van der Waals surface area contributed by atoms with Gasteiger partial charge in [0.2, 0.25) is 0 Å². The van der Waals surface area contributed by atoms with Crippen LogP contribution >= 0.6 is 0 Å². The predicted octanol–water partition coefficient (Wildman–Crippen LogP) is 3.10. The second kappa shape index (κ2) is 6.97. The highest BCUT2D eigenvalue weighted by atomic mass is 16.5. The summed E-state index contributed by atoms with van der Waals surface area (Å²) in [5.74, 6) is 0. The van der Waals surface area contributed by atoms with Gasteiger partial charge in [0.25, 0.3) is 0 Å². The average molecular weight is 300 g/mol. The molecule has 2 aromatic rings. The predicted molar refractivity (Wildman–Crippen MR) is 90.8 cm³/mol. The number of anilines is 1. The molecule has 0 saturated carbocycles. The maximum atomic E-state index is 12.4. The van der Waals surface area contributed by atoms with Gasteiger partial charge in [0, 0.05) is 41.4 Å². The van der Waals surface area contributed by atoms with Gasteiger partial charge in [-0.25, -0.2) is 0 Å². The molecule has 0 unspecified atom stereocenters. The number of aromatic nitrogens is 1. The van der Waals surface area contributed by atoms with Crippen molar-refractivity contribution < 1.29 is 4.74 Å². The summed E-state index contributed by atoms with van der Waals surface area (Å²) >= 11 is 0. The average Bonchev–Trinajstić information content (AvgIpc) is 2.56. The highest BCUT2D eigenvalue weighted by molar-refractivity contribution is 5.82. The first-order chi connectivity index (χ1) is 10.8. The van der Waals surface area contributed by atoms with Crippen LogP contribution < -0.4 is 10.3 Å². The second-order valence-corrected chi connectivity index (χ2v) is 5.95. The number of benzene rings is 1. The molecule has 1 fully saturated rings. The smallest absolute Gasteiger partial charge is 0.189 e. The van der Waals surface area contributed by atoms with Crippen molar-refractivity contribution in [3.05, 3.63) is 40.2 Å². The van der Waals surface area contributed by atoms with Gasteiger partial charge < -0.3 is 14.6 Å². The maximum Gasteiger partial charge on any atom is 0.189 e. The number of hydrogen-bond acceptors (Lipinski definition) is 3. The number of ether oxygens (including phenoxy) is 1. The minimum absolute atomic E-state index is 0.121. The lowest BCUT2D eigenvalue weighted by atomic mass is 10.1. The van der Waals surface area contributed by atoms with Crippen molar-refractivity contribution in [1.29, 1.82) is 0 Å². The van der Waals surface area contributed by atoms with Gasteiger partial charge in [0.05, 0.1) is 13.2 Å². The number of morpholine rings is 1. The molecule has 1 saturated heterocycles. The van der Waals surface area contributed by atoms with E-state index in [1.807, 2.05) is 12.1 Å². The molecule has 1 N–H and O–H groups in total. The third-order valence-electron chi connectivity index (χ3n) is 4.30. The van der Waals surface area contributed by atoms with E-state index in [4.69, 9.17) is 4.74 Å². The van der Waals surface area contributed by atoms with Crippen LogP contribution in [0.3, 0.4) is 0 Å². The van der Waals surface area contributed by atoms with Gasteiger partial charge in [-0.3, -0.25) is 4.79 Å². The van der Waals surface area contributed by atoms with Crippen molar-refractivity contribution in [1.82, 2.24) is 4.98 Å².